The Morgan fingerprint density at radius 3 is 1.95 bits per heavy atom. The van der Waals surface area contributed by atoms with E-state index in [2.05, 4.69) is 93.3 Å². The first-order chi connectivity index (χ1) is 10.7. The van der Waals surface area contributed by atoms with E-state index in [9.17, 15) is 0 Å². The van der Waals surface area contributed by atoms with Gasteiger partial charge in [0.1, 0.15) is 0 Å². The van der Waals surface area contributed by atoms with E-state index in [1.54, 1.807) is 11.1 Å². The molecule has 0 fully saturated rings. The SMILES string of the molecule is CC(C)C.NS.c1ccc(C2CCc3ccccc3C2)cc1. The lowest BCUT2D eigenvalue weighted by Gasteiger charge is -2.24. The van der Waals surface area contributed by atoms with Gasteiger partial charge in [-0.25, -0.2) is 0 Å². The van der Waals surface area contributed by atoms with Gasteiger partial charge in [-0.1, -0.05) is 75.4 Å². The van der Waals surface area contributed by atoms with Gasteiger partial charge in [0.2, 0.25) is 0 Å². The Hall–Kier alpha value is -1.25. The number of rotatable bonds is 1. The van der Waals surface area contributed by atoms with E-state index >= 15 is 0 Å². The van der Waals surface area contributed by atoms with Gasteiger partial charge in [0, 0.05) is 0 Å². The monoisotopic (exact) mass is 315 g/mol. The molecule has 0 bridgehead atoms. The van der Waals surface area contributed by atoms with Crippen molar-refractivity contribution in [2.24, 2.45) is 11.1 Å². The molecule has 1 unspecified atom stereocenters. The molecular weight excluding hydrogens is 286 g/mol. The summed E-state index contributed by atoms with van der Waals surface area (Å²) in [7, 11) is 0. The normalized spacial score (nSPS) is 15.8. The van der Waals surface area contributed by atoms with Gasteiger partial charge in [-0.05, 0) is 47.8 Å². The largest absolute Gasteiger partial charge is 0.281 e. The van der Waals surface area contributed by atoms with Crippen LogP contribution in [-0.4, -0.2) is 0 Å². The summed E-state index contributed by atoms with van der Waals surface area (Å²) in [5.41, 5.74) is 4.59. The van der Waals surface area contributed by atoms with E-state index < -0.39 is 0 Å². The second-order valence-corrected chi connectivity index (χ2v) is 6.35. The van der Waals surface area contributed by atoms with Gasteiger partial charge >= 0.3 is 0 Å². The lowest BCUT2D eigenvalue weighted by atomic mass is 9.80. The summed E-state index contributed by atoms with van der Waals surface area (Å²) >= 11 is 3.03. The maximum Gasteiger partial charge on any atom is -0.0118 e. The van der Waals surface area contributed by atoms with E-state index in [4.69, 9.17) is 0 Å². The highest BCUT2D eigenvalue weighted by Gasteiger charge is 2.18. The number of hydrogen-bond donors (Lipinski definition) is 2. The molecule has 2 N–H and O–H groups in total. The molecule has 1 aliphatic rings. The maximum absolute atomic E-state index is 4.19. The molecular formula is C20H29NS. The van der Waals surface area contributed by atoms with E-state index in [0.29, 0.717) is 0 Å². The minimum absolute atomic E-state index is 0.719. The van der Waals surface area contributed by atoms with Crippen LogP contribution in [0.15, 0.2) is 54.6 Å². The summed E-state index contributed by atoms with van der Waals surface area (Å²) < 4.78 is 0. The van der Waals surface area contributed by atoms with Crippen molar-refractivity contribution in [3.63, 3.8) is 0 Å². The average Bonchev–Trinajstić information content (AvgIpc) is 2.56. The minimum Gasteiger partial charge on any atom is -0.281 e. The highest BCUT2D eigenvalue weighted by atomic mass is 32.1. The zero-order valence-corrected chi connectivity index (χ0v) is 14.9. The van der Waals surface area contributed by atoms with Gasteiger partial charge in [0.25, 0.3) is 0 Å². The first-order valence-corrected chi connectivity index (χ1v) is 8.56. The smallest absolute Gasteiger partial charge is 0.0118 e. The Labute approximate surface area is 141 Å². The molecule has 0 radical (unpaired) electrons. The van der Waals surface area contributed by atoms with Crippen molar-refractivity contribution in [2.45, 2.75) is 46.0 Å². The average molecular weight is 316 g/mol. The Morgan fingerprint density at radius 1 is 0.864 bits per heavy atom. The number of aryl methyl sites for hydroxylation is 1. The van der Waals surface area contributed by atoms with E-state index in [-0.39, 0.29) is 0 Å². The van der Waals surface area contributed by atoms with Crippen molar-refractivity contribution in [3.8, 4) is 0 Å². The maximum atomic E-state index is 4.19. The van der Waals surface area contributed by atoms with Gasteiger partial charge in [0.15, 0.2) is 0 Å². The van der Waals surface area contributed by atoms with Gasteiger partial charge in [0.05, 0.1) is 0 Å². The predicted octanol–water partition coefficient (Wildman–Crippen LogP) is 5.41. The van der Waals surface area contributed by atoms with Crippen LogP contribution in [0.3, 0.4) is 0 Å². The highest BCUT2D eigenvalue weighted by molar-refractivity contribution is 7.77. The van der Waals surface area contributed by atoms with Gasteiger partial charge in [-0.15, -0.1) is 12.8 Å². The molecule has 2 heteroatoms. The Morgan fingerprint density at radius 2 is 1.36 bits per heavy atom. The van der Waals surface area contributed by atoms with Crippen molar-refractivity contribution in [2.75, 3.05) is 0 Å². The second-order valence-electron chi connectivity index (χ2n) is 6.35. The van der Waals surface area contributed by atoms with Crippen LogP contribution < -0.4 is 5.14 Å². The molecule has 120 valence electrons. The Kier molecular flexibility index (Phi) is 8.95. The van der Waals surface area contributed by atoms with E-state index in [1.165, 1.54) is 24.8 Å². The third-order valence-corrected chi connectivity index (χ3v) is 3.62. The molecule has 2 aromatic rings. The summed E-state index contributed by atoms with van der Waals surface area (Å²) in [6.45, 7) is 6.50. The molecule has 0 saturated carbocycles. The number of thiol groups is 1. The second kappa shape index (κ2) is 10.5. The Bertz CT molecular complexity index is 519. The summed E-state index contributed by atoms with van der Waals surface area (Å²) in [5, 5.41) is 4.19. The molecule has 0 aromatic heterocycles. The van der Waals surface area contributed by atoms with Crippen LogP contribution in [0.5, 0.6) is 0 Å². The summed E-state index contributed by atoms with van der Waals surface area (Å²) in [6.07, 6.45) is 3.73. The zero-order valence-electron chi connectivity index (χ0n) is 14.0. The van der Waals surface area contributed by atoms with Crippen molar-refractivity contribution in [1.82, 2.24) is 0 Å². The van der Waals surface area contributed by atoms with Crippen LogP contribution in [0, 0.1) is 5.92 Å². The van der Waals surface area contributed by atoms with E-state index in [1.807, 2.05) is 0 Å². The molecule has 0 spiro atoms. The molecule has 0 heterocycles. The van der Waals surface area contributed by atoms with E-state index in [0.717, 1.165) is 11.8 Å². The summed E-state index contributed by atoms with van der Waals surface area (Å²) in [6, 6.07) is 19.8. The molecule has 1 nitrogen and oxygen atoms in total. The fourth-order valence-corrected chi connectivity index (χ4v) is 2.71. The first-order valence-electron chi connectivity index (χ1n) is 8.04. The molecule has 0 amide bonds. The topological polar surface area (TPSA) is 26.0 Å². The zero-order chi connectivity index (χ0) is 16.4. The fraction of sp³-hybridized carbons (Fsp3) is 0.400. The van der Waals surface area contributed by atoms with Crippen LogP contribution in [-0.2, 0) is 12.8 Å². The number of benzene rings is 2. The lowest BCUT2D eigenvalue weighted by molar-refractivity contribution is 0.585. The van der Waals surface area contributed by atoms with Crippen molar-refractivity contribution in [1.29, 1.82) is 0 Å². The minimum atomic E-state index is 0.719. The van der Waals surface area contributed by atoms with Crippen LogP contribution in [0.1, 0.15) is 49.8 Å². The molecule has 0 saturated heterocycles. The van der Waals surface area contributed by atoms with Crippen LogP contribution in [0.4, 0.5) is 0 Å². The molecule has 0 aliphatic heterocycles. The van der Waals surface area contributed by atoms with Crippen molar-refractivity contribution >= 4 is 12.8 Å². The number of nitrogens with two attached hydrogens (primary N) is 1. The van der Waals surface area contributed by atoms with Gasteiger partial charge in [-0.2, -0.15) is 0 Å². The standard InChI is InChI=1S/C16H16.C4H10.H3NS/c1-2-6-13(7-3-1)16-11-10-14-8-4-5-9-15(14)12-16;1-4(2)3;1-2/h1-9,16H,10-12H2;4H,1-3H3;2H,1H2. The van der Waals surface area contributed by atoms with Crippen molar-refractivity contribution in [3.05, 3.63) is 71.3 Å². The van der Waals surface area contributed by atoms with Gasteiger partial charge in [-0.3, -0.25) is 5.14 Å². The summed E-state index contributed by atoms with van der Waals surface area (Å²) in [4.78, 5) is 0. The van der Waals surface area contributed by atoms with Crippen molar-refractivity contribution < 1.29 is 0 Å². The third kappa shape index (κ3) is 6.25. The fourth-order valence-electron chi connectivity index (χ4n) is 2.71. The van der Waals surface area contributed by atoms with Gasteiger partial charge < -0.3 is 0 Å². The summed E-state index contributed by atoms with van der Waals surface area (Å²) in [5.74, 6) is 1.55. The quantitative estimate of drug-likeness (QED) is 0.676. The third-order valence-electron chi connectivity index (χ3n) is 3.62. The predicted molar refractivity (Wildman–Crippen MR) is 101 cm³/mol. The van der Waals surface area contributed by atoms with Crippen LogP contribution in [0.25, 0.3) is 0 Å². The molecule has 2 aromatic carbocycles. The number of fused-ring (bicyclic) bond motifs is 1. The molecule has 1 aliphatic carbocycles. The Balaban J connectivity index is 0.000000354. The lowest BCUT2D eigenvalue weighted by Crippen LogP contribution is -2.12. The molecule has 3 rings (SSSR count). The number of hydrogen-bond acceptors (Lipinski definition) is 2. The van der Waals surface area contributed by atoms with Crippen LogP contribution >= 0.6 is 12.8 Å². The first kappa shape index (κ1) is 18.8. The highest BCUT2D eigenvalue weighted by Crippen LogP contribution is 2.32. The molecule has 22 heavy (non-hydrogen) atoms. The van der Waals surface area contributed by atoms with Crippen LogP contribution in [0.2, 0.25) is 0 Å². The molecule has 1 atom stereocenters.